The lowest BCUT2D eigenvalue weighted by molar-refractivity contribution is -0.178. The molecule has 0 bridgehead atoms. The molecule has 3 aliphatic carbocycles. The number of Topliss-reactive ketones (excluding diaryl/α,β-unsaturated/α-hetero) is 2. The number of hydrogen-bond donors (Lipinski definition) is 6. The number of nitrogens with one attached hydrogen (secondary N) is 1. The van der Waals surface area contributed by atoms with Crippen LogP contribution in [0.4, 0.5) is 5.69 Å². The van der Waals surface area contributed by atoms with Gasteiger partial charge in [0.05, 0.1) is 11.7 Å². The second kappa shape index (κ2) is 10.7. The molecule has 1 fully saturated rings. The summed E-state index contributed by atoms with van der Waals surface area (Å²) in [7, 11) is 6.97. The Morgan fingerprint density at radius 1 is 1.17 bits per heavy atom. The van der Waals surface area contributed by atoms with E-state index in [1.807, 2.05) is 25.1 Å². The minimum atomic E-state index is -2.60. The van der Waals surface area contributed by atoms with Crippen LogP contribution in [-0.2, 0) is 22.6 Å². The summed E-state index contributed by atoms with van der Waals surface area (Å²) in [6.07, 6.45) is -0.253. The van der Waals surface area contributed by atoms with Gasteiger partial charge in [0, 0.05) is 49.4 Å². The number of ketones is 2. The number of nitrogens with zero attached hydrogens (tertiary/aromatic N) is 2. The zero-order valence-corrected chi connectivity index (χ0v) is 25.0. The van der Waals surface area contributed by atoms with Crippen LogP contribution in [0.2, 0.25) is 0 Å². The van der Waals surface area contributed by atoms with Crippen LogP contribution >= 0.6 is 0 Å². The number of allylic oxidation sites excluding steroid dienone is 1. The van der Waals surface area contributed by atoms with Crippen LogP contribution < -0.4 is 16.0 Å². The number of phenolic OH excluding ortho intramolecular Hbond substituents is 1. The molecule has 226 valence electrons. The van der Waals surface area contributed by atoms with Gasteiger partial charge in [0.2, 0.25) is 5.91 Å². The second-order valence-corrected chi connectivity index (χ2v) is 13.4. The van der Waals surface area contributed by atoms with E-state index in [4.69, 9.17) is 5.73 Å². The number of anilines is 1. The van der Waals surface area contributed by atoms with Gasteiger partial charge >= 0.3 is 0 Å². The van der Waals surface area contributed by atoms with E-state index in [9.17, 15) is 34.8 Å². The molecule has 1 aromatic carbocycles. The summed E-state index contributed by atoms with van der Waals surface area (Å²) < 4.78 is 0. The number of phenols is 1. The van der Waals surface area contributed by atoms with E-state index in [-0.39, 0.29) is 35.1 Å². The van der Waals surface area contributed by atoms with E-state index in [2.05, 4.69) is 26.1 Å². The molecule has 1 saturated carbocycles. The van der Waals surface area contributed by atoms with Gasteiger partial charge in [-0.05, 0) is 62.9 Å². The van der Waals surface area contributed by atoms with E-state index in [1.165, 1.54) is 0 Å². The summed E-state index contributed by atoms with van der Waals surface area (Å²) >= 11 is 0. The van der Waals surface area contributed by atoms with Crippen molar-refractivity contribution in [3.05, 3.63) is 34.1 Å². The molecular formula is C30H44N4O7. The minimum absolute atomic E-state index is 0.0302. The van der Waals surface area contributed by atoms with Crippen molar-refractivity contribution >= 4 is 23.2 Å². The first-order valence-electron chi connectivity index (χ1n) is 14.1. The Bertz CT molecular complexity index is 1300. The number of primary amides is 1. The van der Waals surface area contributed by atoms with Crippen molar-refractivity contribution in [1.82, 2.24) is 10.2 Å². The van der Waals surface area contributed by atoms with E-state index in [0.717, 1.165) is 12.1 Å². The quantitative estimate of drug-likeness (QED) is 0.203. The molecule has 7 N–H and O–H groups in total. The summed E-state index contributed by atoms with van der Waals surface area (Å²) in [6, 6.07) is 0.950. The van der Waals surface area contributed by atoms with Crippen molar-refractivity contribution in [2.24, 2.45) is 28.9 Å². The number of amides is 1. The molecular weight excluding hydrogens is 528 g/mol. The molecule has 0 heterocycles. The number of hydrogen-bond acceptors (Lipinski definition) is 10. The SMILES string of the molecule is CN(C)c1cc(CNCCC(C)(C)C)c(O)c2c1C[C@H]1C[C@H]3C(N(C)C)C(O)C(C(N)=O)C(=O)[C@@]3(O)C(O)=C1C2=O. The highest BCUT2D eigenvalue weighted by atomic mass is 16.3. The summed E-state index contributed by atoms with van der Waals surface area (Å²) in [5.74, 6) is -7.34. The van der Waals surface area contributed by atoms with Crippen molar-refractivity contribution < 1.29 is 34.8 Å². The Balaban J connectivity index is 1.84. The smallest absolute Gasteiger partial charge is 0.230 e. The number of carbonyl (C=O) groups excluding carboxylic acids is 3. The lowest BCUT2D eigenvalue weighted by atomic mass is 9.56. The fourth-order valence-corrected chi connectivity index (χ4v) is 6.93. The van der Waals surface area contributed by atoms with Gasteiger partial charge in [0.15, 0.2) is 17.2 Å². The lowest BCUT2D eigenvalue weighted by Gasteiger charge is -2.53. The van der Waals surface area contributed by atoms with Crippen molar-refractivity contribution in [3.8, 4) is 5.75 Å². The maximum absolute atomic E-state index is 14.1. The van der Waals surface area contributed by atoms with E-state index < -0.39 is 58.7 Å². The summed E-state index contributed by atoms with van der Waals surface area (Å²) in [5, 5.41) is 49.1. The number of aliphatic hydroxyl groups is 3. The number of aromatic hydroxyl groups is 1. The van der Waals surface area contributed by atoms with Gasteiger partial charge in [0.25, 0.3) is 0 Å². The highest BCUT2D eigenvalue weighted by Crippen LogP contribution is 2.53. The van der Waals surface area contributed by atoms with Gasteiger partial charge < -0.3 is 41.3 Å². The van der Waals surface area contributed by atoms with Crippen molar-refractivity contribution in [2.75, 3.05) is 39.6 Å². The highest BCUT2D eigenvalue weighted by Gasteiger charge is 2.66. The predicted molar refractivity (Wildman–Crippen MR) is 154 cm³/mol. The van der Waals surface area contributed by atoms with Crippen molar-refractivity contribution in [1.29, 1.82) is 0 Å². The molecule has 0 spiro atoms. The normalized spacial score (nSPS) is 29.8. The average molecular weight is 573 g/mol. The molecule has 0 saturated heterocycles. The van der Waals surface area contributed by atoms with Crippen LogP contribution in [0.25, 0.3) is 0 Å². The monoisotopic (exact) mass is 572 g/mol. The number of carbonyl (C=O) groups is 3. The van der Waals surface area contributed by atoms with Crippen molar-refractivity contribution in [2.45, 2.75) is 64.3 Å². The fraction of sp³-hybridized carbons (Fsp3) is 0.633. The number of nitrogens with two attached hydrogens (primary N) is 1. The highest BCUT2D eigenvalue weighted by molar-refractivity contribution is 6.16. The van der Waals surface area contributed by atoms with Gasteiger partial charge in [-0.15, -0.1) is 0 Å². The van der Waals surface area contributed by atoms with Crippen LogP contribution in [-0.4, -0.2) is 95.3 Å². The molecule has 4 rings (SSSR count). The molecule has 0 radical (unpaired) electrons. The molecule has 3 unspecified atom stereocenters. The molecule has 3 aliphatic rings. The molecule has 11 nitrogen and oxygen atoms in total. The standard InChI is InChI=1S/C30H44N4O7/c1-29(2,3)8-9-32-13-15-12-18(33(4)5)16-10-14-11-17-22(34(6)7)25(37)21(28(31)40)27(39)30(17,41)26(38)19(14)24(36)20(16)23(15)35/h12,14,17,21-22,25,32,35,37-38,41H,8-11,13H2,1-7H3,(H2,31,40)/t14-,17-,21?,22?,25?,30-/m0/s1. The maximum Gasteiger partial charge on any atom is 0.230 e. The number of rotatable bonds is 7. The summed E-state index contributed by atoms with van der Waals surface area (Å²) in [4.78, 5) is 43.3. The molecule has 1 aromatic rings. The minimum Gasteiger partial charge on any atom is -0.508 e. The van der Waals surface area contributed by atoms with Gasteiger partial charge in [-0.1, -0.05) is 20.8 Å². The molecule has 41 heavy (non-hydrogen) atoms. The zero-order valence-electron chi connectivity index (χ0n) is 25.0. The fourth-order valence-electron chi connectivity index (χ4n) is 6.93. The zero-order chi connectivity index (χ0) is 30.8. The Morgan fingerprint density at radius 3 is 2.34 bits per heavy atom. The van der Waals surface area contributed by atoms with Crippen molar-refractivity contribution in [3.63, 3.8) is 0 Å². The first kappa shape index (κ1) is 31.0. The van der Waals surface area contributed by atoms with Gasteiger partial charge in [-0.25, -0.2) is 0 Å². The third-order valence-corrected chi connectivity index (χ3v) is 9.00. The van der Waals surface area contributed by atoms with Gasteiger partial charge in [-0.3, -0.25) is 14.4 Å². The Hall–Kier alpha value is -2.99. The van der Waals surface area contributed by atoms with E-state index in [1.54, 1.807) is 19.0 Å². The molecule has 0 aromatic heterocycles. The average Bonchev–Trinajstić information content (AvgIpc) is 2.83. The second-order valence-electron chi connectivity index (χ2n) is 13.4. The number of likely N-dealkylation sites (N-methyl/N-ethyl adjacent to an activating group) is 1. The van der Waals surface area contributed by atoms with E-state index >= 15 is 0 Å². The first-order chi connectivity index (χ1) is 18.9. The summed E-state index contributed by atoms with van der Waals surface area (Å²) in [5.41, 5.74) is 4.73. The molecule has 0 aliphatic heterocycles. The van der Waals surface area contributed by atoms with Crippen LogP contribution in [0.5, 0.6) is 5.75 Å². The number of aliphatic hydroxyl groups excluding tert-OH is 2. The predicted octanol–water partition coefficient (Wildman–Crippen LogP) is 0.877. The summed E-state index contributed by atoms with van der Waals surface area (Å²) in [6.45, 7) is 7.42. The van der Waals surface area contributed by atoms with Crippen LogP contribution in [0.1, 0.15) is 55.1 Å². The molecule has 11 heteroatoms. The Morgan fingerprint density at radius 2 is 1.80 bits per heavy atom. The number of benzene rings is 1. The molecule has 6 atom stereocenters. The molecule has 1 amide bonds. The van der Waals surface area contributed by atoms with Gasteiger partial charge in [0.1, 0.15) is 17.4 Å². The van der Waals surface area contributed by atoms with Crippen LogP contribution in [0.15, 0.2) is 17.4 Å². The third kappa shape index (κ3) is 5.03. The Labute approximate surface area is 241 Å². The Kier molecular flexibility index (Phi) is 8.07. The number of fused-ring (bicyclic) bond motifs is 3. The topological polar surface area (TPSA) is 177 Å². The van der Waals surface area contributed by atoms with Crippen LogP contribution in [0, 0.1) is 23.2 Å². The van der Waals surface area contributed by atoms with Crippen LogP contribution in [0.3, 0.4) is 0 Å². The van der Waals surface area contributed by atoms with E-state index in [0.29, 0.717) is 24.2 Å². The largest absolute Gasteiger partial charge is 0.508 e. The maximum atomic E-state index is 14.1. The first-order valence-corrected chi connectivity index (χ1v) is 14.1. The van der Waals surface area contributed by atoms with Gasteiger partial charge in [-0.2, -0.15) is 0 Å². The lowest BCUT2D eigenvalue weighted by Crippen LogP contribution is -2.71. The third-order valence-electron chi connectivity index (χ3n) is 9.00.